The molecule has 3 nitrogen and oxygen atoms in total. The predicted octanol–water partition coefficient (Wildman–Crippen LogP) is 3.28. The first-order valence-corrected chi connectivity index (χ1v) is 7.34. The topological polar surface area (TPSA) is 45.8 Å². The Morgan fingerprint density at radius 3 is 2.80 bits per heavy atom. The minimum Gasteiger partial charge on any atom is -0.306 e. The molecule has 2 aromatic heterocycles. The van der Waals surface area contributed by atoms with Crippen molar-refractivity contribution < 1.29 is 4.39 Å². The molecule has 1 aliphatic carbocycles. The van der Waals surface area contributed by atoms with Gasteiger partial charge < -0.3 is 4.98 Å². The highest BCUT2D eigenvalue weighted by Gasteiger charge is 2.21. The summed E-state index contributed by atoms with van der Waals surface area (Å²) in [6.07, 6.45) is 3.13. The second-order valence-electron chi connectivity index (χ2n) is 4.96. The summed E-state index contributed by atoms with van der Waals surface area (Å²) in [7, 11) is 0. The Balaban J connectivity index is 1.95. The van der Waals surface area contributed by atoms with Crippen LogP contribution in [0, 0.1) is 5.82 Å². The zero-order valence-electron chi connectivity index (χ0n) is 10.6. The summed E-state index contributed by atoms with van der Waals surface area (Å²) in [4.78, 5) is 21.7. The van der Waals surface area contributed by atoms with Crippen LogP contribution in [0.2, 0.25) is 0 Å². The Morgan fingerprint density at radius 2 is 2.00 bits per heavy atom. The fourth-order valence-corrected chi connectivity index (χ4v) is 4.01. The Bertz CT molecular complexity index is 864. The van der Waals surface area contributed by atoms with Crippen LogP contribution in [0.1, 0.15) is 16.9 Å². The maximum atomic E-state index is 13.0. The van der Waals surface area contributed by atoms with Crippen molar-refractivity contribution in [1.82, 2.24) is 9.97 Å². The number of nitrogens with one attached hydrogen (secondary N) is 1. The summed E-state index contributed by atoms with van der Waals surface area (Å²) in [6, 6.07) is 5.99. The molecule has 0 radical (unpaired) electrons. The number of thiophene rings is 1. The normalized spacial score (nSPS) is 13.8. The van der Waals surface area contributed by atoms with Gasteiger partial charge in [0.05, 0.1) is 5.39 Å². The van der Waals surface area contributed by atoms with E-state index in [1.54, 1.807) is 23.5 Å². The van der Waals surface area contributed by atoms with Crippen molar-refractivity contribution in [2.75, 3.05) is 0 Å². The summed E-state index contributed by atoms with van der Waals surface area (Å²) in [6.45, 7) is 0. The van der Waals surface area contributed by atoms with Crippen molar-refractivity contribution in [2.24, 2.45) is 0 Å². The van der Waals surface area contributed by atoms with Crippen LogP contribution in [0.25, 0.3) is 21.6 Å². The highest BCUT2D eigenvalue weighted by atomic mass is 32.1. The van der Waals surface area contributed by atoms with E-state index in [1.165, 1.54) is 22.6 Å². The number of fused-ring (bicyclic) bond motifs is 3. The SMILES string of the molecule is O=c1[nH]c(-c2ccc(F)cc2)nc2sc3c(c12)CCC3. The third-order valence-corrected chi connectivity index (χ3v) is 4.88. The number of aryl methyl sites for hydroxylation is 2. The first-order valence-electron chi connectivity index (χ1n) is 6.53. The van der Waals surface area contributed by atoms with E-state index in [4.69, 9.17) is 0 Å². The molecule has 0 saturated carbocycles. The number of H-pyrrole nitrogens is 1. The number of nitrogens with zero attached hydrogens (tertiary/aromatic N) is 1. The zero-order valence-corrected chi connectivity index (χ0v) is 11.4. The van der Waals surface area contributed by atoms with Crippen molar-refractivity contribution in [3.05, 3.63) is 50.9 Å². The molecule has 3 aromatic rings. The molecular weight excluding hydrogens is 275 g/mol. The molecule has 5 heteroatoms. The lowest BCUT2D eigenvalue weighted by Crippen LogP contribution is -2.09. The molecule has 0 bridgehead atoms. The highest BCUT2D eigenvalue weighted by molar-refractivity contribution is 7.18. The highest BCUT2D eigenvalue weighted by Crippen LogP contribution is 2.35. The van der Waals surface area contributed by atoms with Crippen LogP contribution in [0.15, 0.2) is 29.1 Å². The maximum absolute atomic E-state index is 13.0. The summed E-state index contributed by atoms with van der Waals surface area (Å²) < 4.78 is 13.0. The van der Waals surface area contributed by atoms with Gasteiger partial charge in [-0.2, -0.15) is 0 Å². The van der Waals surface area contributed by atoms with Gasteiger partial charge in [-0.25, -0.2) is 9.37 Å². The average molecular weight is 286 g/mol. The second-order valence-corrected chi connectivity index (χ2v) is 6.04. The lowest BCUT2D eigenvalue weighted by atomic mass is 10.2. The number of aromatic nitrogens is 2. The largest absolute Gasteiger partial charge is 0.306 e. The Hall–Kier alpha value is -2.01. The van der Waals surface area contributed by atoms with Gasteiger partial charge in [0.1, 0.15) is 16.5 Å². The third-order valence-electron chi connectivity index (χ3n) is 3.69. The molecular formula is C15H11FN2OS. The van der Waals surface area contributed by atoms with Crippen LogP contribution in [-0.2, 0) is 12.8 Å². The monoisotopic (exact) mass is 286 g/mol. The minimum atomic E-state index is -0.299. The van der Waals surface area contributed by atoms with Gasteiger partial charge >= 0.3 is 0 Å². The molecule has 1 N–H and O–H groups in total. The van der Waals surface area contributed by atoms with Gasteiger partial charge in [-0.05, 0) is 49.1 Å². The van der Waals surface area contributed by atoms with Crippen LogP contribution in [0.5, 0.6) is 0 Å². The Kier molecular flexibility index (Phi) is 2.50. The Labute approximate surface area is 118 Å². The number of benzene rings is 1. The second kappa shape index (κ2) is 4.24. The summed E-state index contributed by atoms with van der Waals surface area (Å²) >= 11 is 1.61. The quantitative estimate of drug-likeness (QED) is 0.746. The predicted molar refractivity (Wildman–Crippen MR) is 77.7 cm³/mol. The van der Waals surface area contributed by atoms with Gasteiger partial charge in [0.25, 0.3) is 5.56 Å². The number of hydrogen-bond donors (Lipinski definition) is 1. The van der Waals surface area contributed by atoms with Crippen molar-refractivity contribution in [3.63, 3.8) is 0 Å². The molecule has 0 amide bonds. The van der Waals surface area contributed by atoms with Gasteiger partial charge in [0.15, 0.2) is 0 Å². The van der Waals surface area contributed by atoms with E-state index in [-0.39, 0.29) is 11.4 Å². The number of aromatic amines is 1. The lowest BCUT2D eigenvalue weighted by Gasteiger charge is -2.01. The number of halogens is 1. The molecule has 0 unspecified atom stereocenters. The fraction of sp³-hybridized carbons (Fsp3) is 0.200. The molecule has 0 atom stereocenters. The van der Waals surface area contributed by atoms with Crippen LogP contribution in [0.4, 0.5) is 4.39 Å². The number of hydrogen-bond acceptors (Lipinski definition) is 3. The standard InChI is InChI=1S/C15H11FN2OS/c16-9-6-4-8(5-7-9)13-17-14(19)12-10-2-1-3-11(10)20-15(12)18-13/h4-7H,1-3H2,(H,17,18,19). The van der Waals surface area contributed by atoms with Gasteiger partial charge in [-0.1, -0.05) is 0 Å². The van der Waals surface area contributed by atoms with Crippen LogP contribution in [0.3, 0.4) is 0 Å². The van der Waals surface area contributed by atoms with E-state index in [1.807, 2.05) is 0 Å². The molecule has 100 valence electrons. The molecule has 4 rings (SSSR count). The minimum absolute atomic E-state index is 0.0891. The summed E-state index contributed by atoms with van der Waals surface area (Å²) in [5, 5.41) is 0.744. The van der Waals surface area contributed by atoms with Crippen LogP contribution < -0.4 is 5.56 Å². The van der Waals surface area contributed by atoms with E-state index >= 15 is 0 Å². The van der Waals surface area contributed by atoms with E-state index in [0.717, 1.165) is 35.0 Å². The molecule has 0 fully saturated rings. The maximum Gasteiger partial charge on any atom is 0.260 e. The van der Waals surface area contributed by atoms with Crippen molar-refractivity contribution in [1.29, 1.82) is 0 Å². The van der Waals surface area contributed by atoms with E-state index < -0.39 is 0 Å². The van der Waals surface area contributed by atoms with Crippen molar-refractivity contribution in [2.45, 2.75) is 19.3 Å². The van der Waals surface area contributed by atoms with Gasteiger partial charge in [0.2, 0.25) is 0 Å². The fourth-order valence-electron chi connectivity index (χ4n) is 2.75. The smallest absolute Gasteiger partial charge is 0.260 e. The molecule has 1 aliphatic rings. The third kappa shape index (κ3) is 1.70. The first kappa shape index (κ1) is 11.8. The summed E-state index contributed by atoms with van der Waals surface area (Å²) in [5.74, 6) is 0.203. The summed E-state index contributed by atoms with van der Waals surface area (Å²) in [5.41, 5.74) is 1.80. The van der Waals surface area contributed by atoms with Crippen molar-refractivity contribution in [3.8, 4) is 11.4 Å². The van der Waals surface area contributed by atoms with Gasteiger partial charge in [-0.15, -0.1) is 11.3 Å². The average Bonchev–Trinajstić information content (AvgIpc) is 2.99. The molecule has 0 saturated heterocycles. The Morgan fingerprint density at radius 1 is 1.20 bits per heavy atom. The van der Waals surface area contributed by atoms with Crippen molar-refractivity contribution >= 4 is 21.6 Å². The zero-order chi connectivity index (χ0) is 13.7. The lowest BCUT2D eigenvalue weighted by molar-refractivity contribution is 0.628. The molecule has 0 spiro atoms. The first-order chi connectivity index (χ1) is 9.72. The van der Waals surface area contributed by atoms with E-state index in [2.05, 4.69) is 9.97 Å². The molecule has 0 aliphatic heterocycles. The van der Waals surface area contributed by atoms with Gasteiger partial charge in [-0.3, -0.25) is 4.79 Å². The van der Waals surface area contributed by atoms with Gasteiger partial charge in [0, 0.05) is 10.4 Å². The molecule has 1 aromatic carbocycles. The molecule has 2 heterocycles. The van der Waals surface area contributed by atoms with E-state index in [9.17, 15) is 9.18 Å². The van der Waals surface area contributed by atoms with Crippen LogP contribution >= 0.6 is 11.3 Å². The number of rotatable bonds is 1. The molecule has 20 heavy (non-hydrogen) atoms. The van der Waals surface area contributed by atoms with Crippen LogP contribution in [-0.4, -0.2) is 9.97 Å². The van der Waals surface area contributed by atoms with E-state index in [0.29, 0.717) is 5.82 Å².